The highest BCUT2D eigenvalue weighted by Crippen LogP contribution is 2.27. The average Bonchev–Trinajstić information content (AvgIpc) is 2.44. The lowest BCUT2D eigenvalue weighted by molar-refractivity contribution is -0.156. The topological polar surface area (TPSA) is 68.3 Å². The molecule has 0 aromatic rings. The van der Waals surface area contributed by atoms with Gasteiger partial charge in [-0.3, -0.25) is 19.2 Å². The van der Waals surface area contributed by atoms with E-state index in [1.165, 1.54) is 6.08 Å². The fourth-order valence-corrected chi connectivity index (χ4v) is 1.65. The highest BCUT2D eigenvalue weighted by molar-refractivity contribution is 6.39. The summed E-state index contributed by atoms with van der Waals surface area (Å²) in [7, 11) is 0. The molecule has 0 aromatic heterocycles. The first-order valence-electron chi connectivity index (χ1n) is 5.35. The molecule has 106 valence electrons. The van der Waals surface area contributed by atoms with Gasteiger partial charge in [0.25, 0.3) is 0 Å². The number of alkyl halides is 3. The average molecular weight is 278 g/mol. The maximum absolute atomic E-state index is 12.5. The Morgan fingerprint density at radius 1 is 0.842 bits per heavy atom. The SMILES string of the molecule is C=CCCC(=O)C(C(=O)CF)(C(=O)CF)C(=O)CF. The lowest BCUT2D eigenvalue weighted by atomic mass is 9.71. The minimum absolute atomic E-state index is 0.0146. The fourth-order valence-electron chi connectivity index (χ4n) is 1.65. The highest BCUT2D eigenvalue weighted by atomic mass is 19.1. The number of carbonyl (C=O) groups is 4. The third-order valence-electron chi connectivity index (χ3n) is 2.61. The largest absolute Gasteiger partial charge is 0.298 e. The number of rotatable bonds is 10. The van der Waals surface area contributed by atoms with Gasteiger partial charge in [0.05, 0.1) is 0 Å². The van der Waals surface area contributed by atoms with Crippen molar-refractivity contribution < 1.29 is 32.3 Å². The molecule has 0 fully saturated rings. The Balaban J connectivity index is 5.82. The van der Waals surface area contributed by atoms with Gasteiger partial charge >= 0.3 is 0 Å². The molecule has 0 bridgehead atoms. The summed E-state index contributed by atoms with van der Waals surface area (Å²) in [6.45, 7) is -2.23. The summed E-state index contributed by atoms with van der Waals surface area (Å²) >= 11 is 0. The first kappa shape index (κ1) is 17.2. The van der Waals surface area contributed by atoms with Crippen molar-refractivity contribution in [3.05, 3.63) is 12.7 Å². The Kier molecular flexibility index (Phi) is 6.89. The van der Waals surface area contributed by atoms with E-state index in [2.05, 4.69) is 6.58 Å². The standard InChI is InChI=1S/C12H13F3O4/c1-2-3-4-8(16)12(9(17)5-13,10(18)6-14)11(19)7-15/h2H,1,3-7H2. The lowest BCUT2D eigenvalue weighted by Crippen LogP contribution is -2.54. The van der Waals surface area contributed by atoms with Crippen LogP contribution < -0.4 is 0 Å². The Hall–Kier alpha value is -1.79. The van der Waals surface area contributed by atoms with Crippen LogP contribution in [-0.2, 0) is 19.2 Å². The highest BCUT2D eigenvalue weighted by Gasteiger charge is 2.56. The Morgan fingerprint density at radius 2 is 1.21 bits per heavy atom. The van der Waals surface area contributed by atoms with E-state index >= 15 is 0 Å². The van der Waals surface area contributed by atoms with Crippen LogP contribution in [0.1, 0.15) is 12.8 Å². The number of hydrogen-bond donors (Lipinski definition) is 0. The van der Waals surface area contributed by atoms with Gasteiger partial charge in [0.2, 0.25) is 5.41 Å². The smallest absolute Gasteiger partial charge is 0.211 e. The monoisotopic (exact) mass is 278 g/mol. The zero-order valence-corrected chi connectivity index (χ0v) is 10.1. The van der Waals surface area contributed by atoms with Crippen LogP contribution in [0.25, 0.3) is 0 Å². The molecule has 0 atom stereocenters. The predicted molar refractivity (Wildman–Crippen MR) is 59.8 cm³/mol. The molecule has 0 aliphatic carbocycles. The molecule has 4 nitrogen and oxygen atoms in total. The van der Waals surface area contributed by atoms with Gasteiger partial charge in [0.15, 0.2) is 23.1 Å². The first-order valence-corrected chi connectivity index (χ1v) is 5.35. The summed E-state index contributed by atoms with van der Waals surface area (Å²) in [5, 5.41) is 0. The molecule has 0 radical (unpaired) electrons. The van der Waals surface area contributed by atoms with E-state index in [9.17, 15) is 32.3 Å². The van der Waals surface area contributed by atoms with Crippen LogP contribution in [0, 0.1) is 5.41 Å². The molecular weight excluding hydrogens is 265 g/mol. The molecule has 0 unspecified atom stereocenters. The van der Waals surface area contributed by atoms with Crippen molar-refractivity contribution in [1.29, 1.82) is 0 Å². The van der Waals surface area contributed by atoms with Crippen LogP contribution >= 0.6 is 0 Å². The Labute approximate surface area is 107 Å². The number of ketones is 4. The second-order valence-corrected chi connectivity index (χ2v) is 3.67. The number of carbonyl (C=O) groups excluding carboxylic acids is 4. The number of halogens is 3. The molecule has 0 rings (SSSR count). The van der Waals surface area contributed by atoms with Crippen molar-refractivity contribution in [3.8, 4) is 0 Å². The van der Waals surface area contributed by atoms with Gasteiger partial charge in [-0.15, -0.1) is 6.58 Å². The molecular formula is C12H13F3O4. The summed E-state index contributed by atoms with van der Waals surface area (Å²) in [5.74, 6) is -6.49. The summed E-state index contributed by atoms with van der Waals surface area (Å²) in [4.78, 5) is 46.1. The predicted octanol–water partition coefficient (Wildman–Crippen LogP) is 1.12. The van der Waals surface area contributed by atoms with Gasteiger partial charge in [-0.1, -0.05) is 6.08 Å². The molecule has 0 amide bonds. The van der Waals surface area contributed by atoms with Crippen molar-refractivity contribution >= 4 is 23.1 Å². The summed E-state index contributed by atoms with van der Waals surface area (Å²) in [6.07, 6.45) is 0.731. The maximum Gasteiger partial charge on any atom is 0.211 e. The van der Waals surface area contributed by atoms with Crippen LogP contribution in [0.5, 0.6) is 0 Å². The number of Topliss-reactive ketones (excluding diaryl/α,β-unsaturated/α-hetero) is 4. The van der Waals surface area contributed by atoms with Crippen LogP contribution in [0.15, 0.2) is 12.7 Å². The second kappa shape index (κ2) is 7.60. The first-order chi connectivity index (χ1) is 8.93. The molecule has 0 spiro atoms. The second-order valence-electron chi connectivity index (χ2n) is 3.67. The quantitative estimate of drug-likeness (QED) is 0.443. The van der Waals surface area contributed by atoms with Gasteiger partial charge in [0, 0.05) is 6.42 Å². The van der Waals surface area contributed by atoms with E-state index in [0.717, 1.165) is 0 Å². The summed E-state index contributed by atoms with van der Waals surface area (Å²) < 4.78 is 37.5. The third-order valence-corrected chi connectivity index (χ3v) is 2.61. The molecule has 7 heteroatoms. The molecule has 19 heavy (non-hydrogen) atoms. The van der Waals surface area contributed by atoms with Crippen LogP contribution in [0.4, 0.5) is 13.2 Å². The summed E-state index contributed by atoms with van der Waals surface area (Å²) in [5.41, 5.74) is -3.19. The van der Waals surface area contributed by atoms with Gasteiger partial charge in [-0.2, -0.15) is 0 Å². The van der Waals surface area contributed by atoms with E-state index < -0.39 is 55.0 Å². The molecule has 0 N–H and O–H groups in total. The normalized spacial score (nSPS) is 10.9. The molecule has 0 heterocycles. The van der Waals surface area contributed by atoms with E-state index in [-0.39, 0.29) is 6.42 Å². The van der Waals surface area contributed by atoms with Crippen LogP contribution in [-0.4, -0.2) is 43.2 Å². The summed E-state index contributed by atoms with van der Waals surface area (Å²) in [6, 6.07) is 0. The molecule has 0 aliphatic rings. The number of allylic oxidation sites excluding steroid dienone is 1. The van der Waals surface area contributed by atoms with Gasteiger partial charge < -0.3 is 0 Å². The van der Waals surface area contributed by atoms with Crippen molar-refractivity contribution in [2.24, 2.45) is 5.41 Å². The fraction of sp³-hybridized carbons (Fsp3) is 0.500. The maximum atomic E-state index is 12.5. The van der Waals surface area contributed by atoms with E-state index in [1.54, 1.807) is 0 Å². The minimum Gasteiger partial charge on any atom is -0.298 e. The van der Waals surface area contributed by atoms with Gasteiger partial charge in [-0.25, -0.2) is 13.2 Å². The van der Waals surface area contributed by atoms with Crippen LogP contribution in [0.2, 0.25) is 0 Å². The lowest BCUT2D eigenvalue weighted by Gasteiger charge is -2.24. The van der Waals surface area contributed by atoms with E-state index in [4.69, 9.17) is 0 Å². The number of hydrogen-bond acceptors (Lipinski definition) is 4. The van der Waals surface area contributed by atoms with Crippen molar-refractivity contribution in [2.45, 2.75) is 12.8 Å². The molecule has 0 aliphatic heterocycles. The van der Waals surface area contributed by atoms with Crippen molar-refractivity contribution in [2.75, 3.05) is 20.0 Å². The van der Waals surface area contributed by atoms with Crippen molar-refractivity contribution in [1.82, 2.24) is 0 Å². The van der Waals surface area contributed by atoms with Gasteiger partial charge in [0.1, 0.15) is 20.0 Å². The Morgan fingerprint density at radius 3 is 1.47 bits per heavy atom. The molecule has 0 saturated carbocycles. The zero-order chi connectivity index (χ0) is 15.1. The van der Waals surface area contributed by atoms with Crippen LogP contribution in [0.3, 0.4) is 0 Å². The molecule has 0 aromatic carbocycles. The minimum atomic E-state index is -3.19. The van der Waals surface area contributed by atoms with E-state index in [0.29, 0.717) is 0 Å². The molecule has 0 saturated heterocycles. The van der Waals surface area contributed by atoms with Crippen molar-refractivity contribution in [3.63, 3.8) is 0 Å². The van der Waals surface area contributed by atoms with Gasteiger partial charge in [-0.05, 0) is 6.42 Å². The zero-order valence-electron chi connectivity index (χ0n) is 10.1. The van der Waals surface area contributed by atoms with E-state index in [1.807, 2.05) is 0 Å². The Bertz CT molecular complexity index is 363. The third kappa shape index (κ3) is 3.15.